The fourth-order valence-corrected chi connectivity index (χ4v) is 3.21. The number of anilines is 1. The Bertz CT molecular complexity index is 724. The van der Waals surface area contributed by atoms with E-state index in [0.717, 1.165) is 6.42 Å². The van der Waals surface area contributed by atoms with Gasteiger partial charge in [-0.2, -0.15) is 0 Å². The molecule has 1 aliphatic rings. The summed E-state index contributed by atoms with van der Waals surface area (Å²) in [5.74, 6) is -0.785. The van der Waals surface area contributed by atoms with Gasteiger partial charge in [-0.25, -0.2) is 4.98 Å². The number of carbonyl (C=O) groups is 1. The van der Waals surface area contributed by atoms with Gasteiger partial charge in [0.1, 0.15) is 11.4 Å². The van der Waals surface area contributed by atoms with E-state index in [1.165, 1.54) is 11.3 Å². The number of hydrogen-bond donors (Lipinski definition) is 3. The van der Waals surface area contributed by atoms with Crippen molar-refractivity contribution in [3.05, 3.63) is 36.0 Å². The van der Waals surface area contributed by atoms with Crippen LogP contribution in [0.1, 0.15) is 38.8 Å². The molecule has 0 aliphatic carbocycles. The summed E-state index contributed by atoms with van der Waals surface area (Å²) >= 11 is 1.36. The quantitative estimate of drug-likeness (QED) is 0.339. The largest absolute Gasteiger partial charge is 0.481 e. The summed E-state index contributed by atoms with van der Waals surface area (Å²) in [7, 11) is 0.432. The first kappa shape index (κ1) is 21.2. The minimum atomic E-state index is -0.837. The van der Waals surface area contributed by atoms with Gasteiger partial charge in [-0.3, -0.25) is 9.79 Å². The Kier molecular flexibility index (Phi) is 7.21. The third kappa shape index (κ3) is 6.52. The number of nitrogen functional groups attached to an aromatic ring is 1. The Balaban J connectivity index is 2.05. The molecule has 9 heteroatoms. The van der Waals surface area contributed by atoms with E-state index < -0.39 is 5.97 Å². The van der Waals surface area contributed by atoms with Crippen molar-refractivity contribution in [1.82, 2.24) is 10.3 Å². The number of hydrogen-bond acceptors (Lipinski definition) is 7. The lowest BCUT2D eigenvalue weighted by atomic mass is 9.79. The average molecular weight is 390 g/mol. The lowest BCUT2D eigenvalue weighted by Gasteiger charge is -2.29. The summed E-state index contributed by atoms with van der Waals surface area (Å²) < 4.78 is 5.65. The van der Waals surface area contributed by atoms with E-state index in [0.29, 0.717) is 42.7 Å². The first-order chi connectivity index (χ1) is 12.7. The van der Waals surface area contributed by atoms with E-state index in [2.05, 4.69) is 37.3 Å². The zero-order chi connectivity index (χ0) is 20.0. The zero-order valence-electron chi connectivity index (χ0n) is 15.9. The molecular weight excluding hydrogens is 363 g/mol. The molecule has 0 radical (unpaired) electrons. The minimum Gasteiger partial charge on any atom is -0.481 e. The number of nitrogens with zero attached hydrogens (tertiary/aromatic N) is 2. The molecule has 0 spiro atoms. The number of carboxylic acid groups (broad SMARTS) is 1. The smallest absolute Gasteiger partial charge is 0.305 e. The molecule has 146 valence electrons. The maximum absolute atomic E-state index is 10.8. The Morgan fingerprint density at radius 2 is 2.37 bits per heavy atom. The van der Waals surface area contributed by atoms with Crippen LogP contribution in [0.2, 0.25) is 0 Å². The van der Waals surface area contributed by atoms with Crippen molar-refractivity contribution in [2.45, 2.75) is 45.2 Å². The third-order valence-electron chi connectivity index (χ3n) is 4.40. The number of aromatic nitrogens is 1. The molecule has 4 N–H and O–H groups in total. The molecule has 2 heterocycles. The predicted octanol–water partition coefficient (Wildman–Crippen LogP) is 2.16. The molecule has 0 saturated carbocycles. The molecule has 1 aliphatic heterocycles. The van der Waals surface area contributed by atoms with Gasteiger partial charge in [-0.1, -0.05) is 26.5 Å². The highest BCUT2D eigenvalue weighted by Gasteiger charge is 2.26. The molecule has 0 bridgehead atoms. The highest BCUT2D eigenvalue weighted by atomic mass is 32.1. The Morgan fingerprint density at radius 3 is 2.89 bits per heavy atom. The van der Waals surface area contributed by atoms with E-state index in [-0.39, 0.29) is 23.9 Å². The lowest BCUT2D eigenvalue weighted by molar-refractivity contribution is -0.139. The highest BCUT2D eigenvalue weighted by Crippen LogP contribution is 2.21. The standard InChI is InChI=1S/C18H27BN4O3S/c1-5-18(3,4)10-21-16(13-9-27-17(20)23-13)11(2)22-14-7-6-12(26-19-14)8-15(24)25/h5,9,12,14,19,22H,1-2,6-8,10H2,3-4H3,(H2,20,23)(H,24,25)/b21-16+. The third-order valence-corrected chi connectivity index (χ3v) is 5.07. The maximum atomic E-state index is 10.8. The van der Waals surface area contributed by atoms with Crippen LogP contribution in [-0.4, -0.2) is 47.8 Å². The van der Waals surface area contributed by atoms with Crippen LogP contribution in [0.15, 0.2) is 35.3 Å². The van der Waals surface area contributed by atoms with Gasteiger partial charge in [0.05, 0.1) is 18.2 Å². The highest BCUT2D eigenvalue weighted by molar-refractivity contribution is 7.13. The molecule has 2 atom stereocenters. The van der Waals surface area contributed by atoms with Crippen molar-refractivity contribution in [2.24, 2.45) is 10.4 Å². The van der Waals surface area contributed by atoms with Crippen LogP contribution in [-0.2, 0) is 9.45 Å². The molecule has 1 fully saturated rings. The first-order valence-corrected chi connectivity index (χ1v) is 9.77. The Labute approximate surface area is 164 Å². The van der Waals surface area contributed by atoms with Crippen molar-refractivity contribution >= 4 is 35.6 Å². The monoisotopic (exact) mass is 390 g/mol. The molecular formula is C18H27BN4O3S. The summed E-state index contributed by atoms with van der Waals surface area (Å²) in [6.45, 7) is 12.7. The second-order valence-corrected chi connectivity index (χ2v) is 8.27. The van der Waals surface area contributed by atoms with Gasteiger partial charge < -0.3 is 20.8 Å². The molecule has 0 aromatic carbocycles. The summed E-state index contributed by atoms with van der Waals surface area (Å²) in [5, 5.41) is 14.6. The second-order valence-electron chi connectivity index (χ2n) is 7.38. The van der Waals surface area contributed by atoms with Gasteiger partial charge in [0.2, 0.25) is 0 Å². The molecule has 2 unspecified atom stereocenters. The van der Waals surface area contributed by atoms with E-state index >= 15 is 0 Å². The van der Waals surface area contributed by atoms with Crippen LogP contribution in [0.4, 0.5) is 5.13 Å². The summed E-state index contributed by atoms with van der Waals surface area (Å²) in [6, 6.07) is 0. The number of aliphatic carboxylic acids is 1. The molecule has 27 heavy (non-hydrogen) atoms. The normalized spacial score (nSPS) is 20.6. The minimum absolute atomic E-state index is 0.0368. The van der Waals surface area contributed by atoms with Crippen LogP contribution in [0.5, 0.6) is 0 Å². The van der Waals surface area contributed by atoms with Crippen LogP contribution < -0.4 is 11.1 Å². The van der Waals surface area contributed by atoms with Crippen molar-refractivity contribution in [1.29, 1.82) is 0 Å². The van der Waals surface area contributed by atoms with Gasteiger partial charge in [-0.15, -0.1) is 17.9 Å². The predicted molar refractivity (Wildman–Crippen MR) is 111 cm³/mol. The fraction of sp³-hybridized carbons (Fsp3) is 0.500. The molecule has 1 aromatic heterocycles. The Hall–Kier alpha value is -2.13. The SMILES string of the molecule is C=CC(C)(C)C/N=C(\C(=C)NC1BOC(CC(=O)O)CC1)c1csc(N)n1. The van der Waals surface area contributed by atoms with Crippen molar-refractivity contribution in [2.75, 3.05) is 12.3 Å². The molecule has 7 nitrogen and oxygen atoms in total. The molecule has 0 amide bonds. The van der Waals surface area contributed by atoms with Gasteiger partial charge >= 0.3 is 5.97 Å². The summed E-state index contributed by atoms with van der Waals surface area (Å²) in [5.41, 5.74) is 7.65. The van der Waals surface area contributed by atoms with E-state index in [1.54, 1.807) is 0 Å². The average Bonchev–Trinajstić information content (AvgIpc) is 3.02. The summed E-state index contributed by atoms with van der Waals surface area (Å²) in [4.78, 5) is 19.9. The van der Waals surface area contributed by atoms with Gasteiger partial charge in [0, 0.05) is 23.3 Å². The molecule has 2 rings (SSSR count). The van der Waals surface area contributed by atoms with Crippen molar-refractivity contribution in [3.8, 4) is 0 Å². The number of rotatable bonds is 9. The molecule has 1 aromatic rings. The number of carboxylic acids is 1. The van der Waals surface area contributed by atoms with E-state index in [4.69, 9.17) is 20.5 Å². The Morgan fingerprint density at radius 1 is 1.63 bits per heavy atom. The van der Waals surface area contributed by atoms with Gasteiger partial charge in [-0.05, 0) is 12.8 Å². The van der Waals surface area contributed by atoms with Gasteiger partial charge in [0.15, 0.2) is 5.13 Å². The number of aliphatic imine (C=N–C) groups is 1. The van der Waals surface area contributed by atoms with Crippen LogP contribution >= 0.6 is 11.3 Å². The first-order valence-electron chi connectivity index (χ1n) is 8.89. The maximum Gasteiger partial charge on any atom is 0.305 e. The summed E-state index contributed by atoms with van der Waals surface area (Å²) in [6.07, 6.45) is 3.18. The van der Waals surface area contributed by atoms with Crippen LogP contribution in [0, 0.1) is 5.41 Å². The number of nitrogens with two attached hydrogens (primary N) is 1. The van der Waals surface area contributed by atoms with Crippen LogP contribution in [0.25, 0.3) is 0 Å². The second kappa shape index (κ2) is 9.19. The van der Waals surface area contributed by atoms with Gasteiger partial charge in [0.25, 0.3) is 7.48 Å². The van der Waals surface area contributed by atoms with Crippen LogP contribution in [0.3, 0.4) is 0 Å². The zero-order valence-corrected chi connectivity index (χ0v) is 16.7. The fourth-order valence-electron chi connectivity index (χ4n) is 2.67. The van der Waals surface area contributed by atoms with Crippen molar-refractivity contribution < 1.29 is 14.6 Å². The van der Waals surface area contributed by atoms with E-state index in [9.17, 15) is 4.79 Å². The van der Waals surface area contributed by atoms with E-state index in [1.807, 2.05) is 11.5 Å². The topological polar surface area (TPSA) is 110 Å². The molecule has 1 saturated heterocycles. The number of thiazole rings is 1. The number of nitrogens with one attached hydrogen (secondary N) is 1. The number of allylic oxidation sites excluding steroid dienone is 1. The lowest BCUT2D eigenvalue weighted by Crippen LogP contribution is -2.43. The van der Waals surface area contributed by atoms with Crippen molar-refractivity contribution in [3.63, 3.8) is 0 Å².